The minimum atomic E-state index is -0.520. The number of likely N-dealkylation sites (tertiary alicyclic amines) is 1. The monoisotopic (exact) mass is 381 g/mol. The van der Waals surface area contributed by atoms with Gasteiger partial charge in [-0.05, 0) is 68.6 Å². The van der Waals surface area contributed by atoms with Crippen molar-refractivity contribution in [1.82, 2.24) is 10.2 Å². The highest BCUT2D eigenvalue weighted by molar-refractivity contribution is 6.01. The van der Waals surface area contributed by atoms with E-state index in [0.717, 1.165) is 31.7 Å². The summed E-state index contributed by atoms with van der Waals surface area (Å²) < 4.78 is 5.36. The fourth-order valence-corrected chi connectivity index (χ4v) is 3.48. The molecule has 3 amide bonds. The van der Waals surface area contributed by atoms with E-state index < -0.39 is 6.03 Å². The number of amides is 3. The van der Waals surface area contributed by atoms with Gasteiger partial charge < -0.3 is 10.1 Å². The van der Waals surface area contributed by atoms with Gasteiger partial charge in [0, 0.05) is 5.69 Å². The van der Waals surface area contributed by atoms with Gasteiger partial charge in [-0.15, -0.1) is 0 Å². The summed E-state index contributed by atoms with van der Waals surface area (Å²) in [4.78, 5) is 26.3. The van der Waals surface area contributed by atoms with E-state index in [0.29, 0.717) is 18.2 Å². The van der Waals surface area contributed by atoms with Crippen LogP contribution in [0.3, 0.4) is 0 Å². The zero-order chi connectivity index (χ0) is 19.8. The van der Waals surface area contributed by atoms with Gasteiger partial charge in [0.2, 0.25) is 5.91 Å². The maximum absolute atomic E-state index is 12.2. The Morgan fingerprint density at radius 2 is 1.71 bits per heavy atom. The number of piperidine rings is 1. The summed E-state index contributed by atoms with van der Waals surface area (Å²) in [6, 6.07) is 17.0. The first-order chi connectivity index (χ1) is 13.6. The van der Waals surface area contributed by atoms with E-state index in [1.807, 2.05) is 13.0 Å². The van der Waals surface area contributed by atoms with Crippen LogP contribution in [-0.2, 0) is 4.79 Å². The van der Waals surface area contributed by atoms with E-state index in [1.54, 1.807) is 24.3 Å². The summed E-state index contributed by atoms with van der Waals surface area (Å²) in [7, 11) is 0. The Bertz CT molecular complexity index is 769. The number of rotatable bonds is 6. The van der Waals surface area contributed by atoms with E-state index in [1.165, 1.54) is 5.56 Å². The van der Waals surface area contributed by atoms with E-state index in [4.69, 9.17) is 4.74 Å². The molecule has 2 aromatic rings. The van der Waals surface area contributed by atoms with Crippen LogP contribution >= 0.6 is 0 Å². The molecule has 3 rings (SSSR count). The standard InChI is InChI=1S/C22H27N3O3/c1-2-28-20-10-8-19(9-11-20)23-22(27)24-21(26)16-25-14-12-18(13-15-25)17-6-4-3-5-7-17/h3-11,18H,2,12-16H2,1H3,(H2,23,24,26,27). The molecule has 2 N–H and O–H groups in total. The van der Waals surface area contributed by atoms with Gasteiger partial charge >= 0.3 is 6.03 Å². The summed E-state index contributed by atoms with van der Waals surface area (Å²) in [5.41, 5.74) is 1.97. The SMILES string of the molecule is CCOc1ccc(NC(=O)NC(=O)CN2CCC(c3ccccc3)CC2)cc1. The molecule has 1 saturated heterocycles. The van der Waals surface area contributed by atoms with Gasteiger partial charge in [0.25, 0.3) is 0 Å². The smallest absolute Gasteiger partial charge is 0.325 e. The first kappa shape index (κ1) is 19.9. The lowest BCUT2D eigenvalue weighted by atomic mass is 9.89. The minimum absolute atomic E-state index is 0.234. The van der Waals surface area contributed by atoms with Crippen molar-refractivity contribution >= 4 is 17.6 Å². The predicted octanol–water partition coefficient (Wildman–Crippen LogP) is 3.61. The summed E-state index contributed by atoms with van der Waals surface area (Å²) >= 11 is 0. The van der Waals surface area contributed by atoms with E-state index >= 15 is 0 Å². The zero-order valence-electron chi connectivity index (χ0n) is 16.2. The van der Waals surface area contributed by atoms with Crippen LogP contribution in [0.1, 0.15) is 31.2 Å². The molecular formula is C22H27N3O3. The second-order valence-electron chi connectivity index (χ2n) is 6.92. The van der Waals surface area contributed by atoms with Gasteiger partial charge in [0.05, 0.1) is 13.2 Å². The average molecular weight is 381 g/mol. The van der Waals surface area contributed by atoms with Crippen LogP contribution in [0.25, 0.3) is 0 Å². The van der Waals surface area contributed by atoms with Gasteiger partial charge in [0.1, 0.15) is 5.75 Å². The maximum atomic E-state index is 12.2. The van der Waals surface area contributed by atoms with Crippen LogP contribution in [0.2, 0.25) is 0 Å². The average Bonchev–Trinajstić information content (AvgIpc) is 2.71. The van der Waals surface area contributed by atoms with Crippen molar-refractivity contribution in [3.05, 3.63) is 60.2 Å². The van der Waals surface area contributed by atoms with Crippen molar-refractivity contribution in [3.63, 3.8) is 0 Å². The number of hydrogen-bond acceptors (Lipinski definition) is 4. The summed E-state index contributed by atoms with van der Waals surface area (Å²) in [6.07, 6.45) is 2.05. The summed E-state index contributed by atoms with van der Waals surface area (Å²) in [5.74, 6) is 0.994. The predicted molar refractivity (Wildman–Crippen MR) is 110 cm³/mol. The molecule has 0 aromatic heterocycles. The lowest BCUT2D eigenvalue weighted by Crippen LogP contribution is -2.44. The molecule has 0 unspecified atom stereocenters. The molecule has 1 fully saturated rings. The molecule has 2 aromatic carbocycles. The molecule has 1 heterocycles. The highest BCUT2D eigenvalue weighted by Gasteiger charge is 2.22. The van der Waals surface area contributed by atoms with E-state index in [2.05, 4.69) is 39.8 Å². The number of urea groups is 1. The molecule has 6 heteroatoms. The topological polar surface area (TPSA) is 70.7 Å². The molecule has 0 aliphatic carbocycles. The Morgan fingerprint density at radius 1 is 1.04 bits per heavy atom. The van der Waals surface area contributed by atoms with Crippen molar-refractivity contribution in [2.75, 3.05) is 31.6 Å². The molecule has 0 atom stereocenters. The van der Waals surface area contributed by atoms with Crippen LogP contribution in [0, 0.1) is 0 Å². The zero-order valence-corrected chi connectivity index (χ0v) is 16.2. The van der Waals surface area contributed by atoms with Gasteiger partial charge in [-0.2, -0.15) is 0 Å². The first-order valence-corrected chi connectivity index (χ1v) is 9.75. The third-order valence-electron chi connectivity index (χ3n) is 4.90. The molecule has 0 bridgehead atoms. The Hall–Kier alpha value is -2.86. The lowest BCUT2D eigenvalue weighted by Gasteiger charge is -2.31. The molecule has 148 valence electrons. The lowest BCUT2D eigenvalue weighted by molar-refractivity contribution is -0.121. The first-order valence-electron chi connectivity index (χ1n) is 9.75. The molecule has 1 aliphatic heterocycles. The molecule has 28 heavy (non-hydrogen) atoms. The molecule has 0 radical (unpaired) electrons. The number of carbonyl (C=O) groups excluding carboxylic acids is 2. The molecule has 1 aliphatic rings. The Balaban J connectivity index is 1.40. The van der Waals surface area contributed by atoms with Crippen molar-refractivity contribution in [2.45, 2.75) is 25.7 Å². The van der Waals surface area contributed by atoms with Gasteiger partial charge in [0.15, 0.2) is 0 Å². The van der Waals surface area contributed by atoms with Crippen LogP contribution in [0.15, 0.2) is 54.6 Å². The third kappa shape index (κ3) is 5.82. The van der Waals surface area contributed by atoms with Gasteiger partial charge in [-0.1, -0.05) is 30.3 Å². The second kappa shape index (κ2) is 9.90. The van der Waals surface area contributed by atoms with Crippen molar-refractivity contribution in [3.8, 4) is 5.75 Å². The van der Waals surface area contributed by atoms with Crippen molar-refractivity contribution in [2.24, 2.45) is 0 Å². The number of nitrogens with one attached hydrogen (secondary N) is 2. The molecular weight excluding hydrogens is 354 g/mol. The highest BCUT2D eigenvalue weighted by Crippen LogP contribution is 2.27. The summed E-state index contributed by atoms with van der Waals surface area (Å²) in [6.45, 7) is 4.44. The van der Waals surface area contributed by atoms with Crippen molar-refractivity contribution in [1.29, 1.82) is 0 Å². The normalized spacial score (nSPS) is 15.0. The van der Waals surface area contributed by atoms with E-state index in [-0.39, 0.29) is 12.5 Å². The quantitative estimate of drug-likeness (QED) is 0.802. The Kier molecular flexibility index (Phi) is 7.03. The number of imide groups is 1. The number of ether oxygens (including phenoxy) is 1. The molecule has 0 spiro atoms. The highest BCUT2D eigenvalue weighted by atomic mass is 16.5. The largest absolute Gasteiger partial charge is 0.494 e. The van der Waals surface area contributed by atoms with E-state index in [9.17, 15) is 9.59 Å². The van der Waals surface area contributed by atoms with Crippen molar-refractivity contribution < 1.29 is 14.3 Å². The molecule has 6 nitrogen and oxygen atoms in total. The fourth-order valence-electron chi connectivity index (χ4n) is 3.48. The minimum Gasteiger partial charge on any atom is -0.494 e. The van der Waals surface area contributed by atoms with Gasteiger partial charge in [-0.25, -0.2) is 4.79 Å². The van der Waals surface area contributed by atoms with Crippen LogP contribution < -0.4 is 15.4 Å². The van der Waals surface area contributed by atoms with Crippen LogP contribution in [-0.4, -0.2) is 43.1 Å². The number of anilines is 1. The Morgan fingerprint density at radius 3 is 2.36 bits per heavy atom. The second-order valence-corrected chi connectivity index (χ2v) is 6.92. The van der Waals surface area contributed by atoms with Crippen LogP contribution in [0.4, 0.5) is 10.5 Å². The van der Waals surface area contributed by atoms with Crippen LogP contribution in [0.5, 0.6) is 5.75 Å². The van der Waals surface area contributed by atoms with Gasteiger partial charge in [-0.3, -0.25) is 15.0 Å². The number of carbonyl (C=O) groups is 2. The Labute approximate surface area is 165 Å². The summed E-state index contributed by atoms with van der Waals surface area (Å²) in [5, 5.41) is 5.06. The number of benzene rings is 2. The maximum Gasteiger partial charge on any atom is 0.325 e. The number of hydrogen-bond donors (Lipinski definition) is 2. The molecule has 0 saturated carbocycles. The third-order valence-corrected chi connectivity index (χ3v) is 4.90. The fraction of sp³-hybridized carbons (Fsp3) is 0.364. The number of nitrogens with zero attached hydrogens (tertiary/aromatic N) is 1.